The predicted molar refractivity (Wildman–Crippen MR) is 53.2 cm³/mol. The van der Waals surface area contributed by atoms with E-state index in [2.05, 4.69) is 25.3 Å². The average Bonchev–Trinajstić information content (AvgIpc) is 2.11. The van der Waals surface area contributed by atoms with Gasteiger partial charge in [0.2, 0.25) is 0 Å². The van der Waals surface area contributed by atoms with Gasteiger partial charge in [-0.1, -0.05) is 26.0 Å². The minimum Gasteiger partial charge on any atom is -0.396 e. The van der Waals surface area contributed by atoms with Crippen LogP contribution in [0.15, 0.2) is 12.2 Å². The van der Waals surface area contributed by atoms with E-state index in [1.165, 1.54) is 5.57 Å². The van der Waals surface area contributed by atoms with Crippen molar-refractivity contribution in [3.63, 3.8) is 0 Å². The second-order valence-corrected chi connectivity index (χ2v) is 3.05. The molecule has 12 heavy (non-hydrogen) atoms. The highest BCUT2D eigenvalue weighted by molar-refractivity contribution is 4.95. The van der Waals surface area contributed by atoms with Crippen molar-refractivity contribution in [2.45, 2.75) is 26.7 Å². The Morgan fingerprint density at radius 2 is 2.08 bits per heavy atom. The Morgan fingerprint density at radius 1 is 1.42 bits per heavy atom. The molecule has 72 valence electrons. The van der Waals surface area contributed by atoms with Crippen molar-refractivity contribution >= 4 is 0 Å². The van der Waals surface area contributed by atoms with E-state index < -0.39 is 0 Å². The Bertz CT molecular complexity index is 123. The van der Waals surface area contributed by atoms with E-state index in [9.17, 15) is 0 Å². The van der Waals surface area contributed by atoms with Gasteiger partial charge in [0.15, 0.2) is 0 Å². The van der Waals surface area contributed by atoms with Gasteiger partial charge in [0.1, 0.15) is 0 Å². The molecular formula is C10H21NO. The van der Waals surface area contributed by atoms with Crippen LogP contribution in [0.1, 0.15) is 26.7 Å². The first-order chi connectivity index (χ1) is 5.74. The van der Waals surface area contributed by atoms with Crippen LogP contribution in [-0.2, 0) is 0 Å². The Balaban J connectivity index is 3.59. The minimum atomic E-state index is 0.287. The SMILES string of the molecule is C=C(CC)CN(CC)CCCO. The van der Waals surface area contributed by atoms with Gasteiger partial charge >= 0.3 is 0 Å². The molecule has 0 aliphatic heterocycles. The topological polar surface area (TPSA) is 23.5 Å². The smallest absolute Gasteiger partial charge is 0.0443 e. The number of aliphatic hydroxyl groups excluding tert-OH is 1. The predicted octanol–water partition coefficient (Wildman–Crippen LogP) is 1.66. The number of hydrogen-bond acceptors (Lipinski definition) is 2. The number of rotatable bonds is 7. The van der Waals surface area contributed by atoms with Gasteiger partial charge in [-0.3, -0.25) is 4.90 Å². The van der Waals surface area contributed by atoms with E-state index in [1.54, 1.807) is 0 Å². The van der Waals surface area contributed by atoms with Gasteiger partial charge in [0, 0.05) is 19.7 Å². The Labute approximate surface area is 75.9 Å². The zero-order valence-corrected chi connectivity index (χ0v) is 8.34. The first kappa shape index (κ1) is 11.7. The first-order valence-corrected chi connectivity index (χ1v) is 4.74. The summed E-state index contributed by atoms with van der Waals surface area (Å²) in [6.07, 6.45) is 1.92. The van der Waals surface area contributed by atoms with Crippen molar-refractivity contribution in [3.8, 4) is 0 Å². The van der Waals surface area contributed by atoms with Crippen molar-refractivity contribution in [2.75, 3.05) is 26.2 Å². The molecule has 0 spiro atoms. The van der Waals surface area contributed by atoms with Crippen molar-refractivity contribution in [3.05, 3.63) is 12.2 Å². The molecule has 0 saturated heterocycles. The van der Waals surface area contributed by atoms with Crippen LogP contribution in [0.4, 0.5) is 0 Å². The molecule has 0 atom stereocenters. The molecule has 0 fully saturated rings. The summed E-state index contributed by atoms with van der Waals surface area (Å²) in [6, 6.07) is 0. The fourth-order valence-corrected chi connectivity index (χ4v) is 1.07. The second-order valence-electron chi connectivity index (χ2n) is 3.05. The number of nitrogens with zero attached hydrogens (tertiary/aromatic N) is 1. The van der Waals surface area contributed by atoms with Crippen LogP contribution in [0.25, 0.3) is 0 Å². The lowest BCUT2D eigenvalue weighted by Crippen LogP contribution is -2.27. The van der Waals surface area contributed by atoms with Crippen LogP contribution >= 0.6 is 0 Å². The van der Waals surface area contributed by atoms with E-state index in [1.807, 2.05) is 0 Å². The molecule has 0 unspecified atom stereocenters. The highest BCUT2D eigenvalue weighted by Crippen LogP contribution is 2.01. The Morgan fingerprint density at radius 3 is 2.50 bits per heavy atom. The fourth-order valence-electron chi connectivity index (χ4n) is 1.07. The van der Waals surface area contributed by atoms with Crippen molar-refractivity contribution < 1.29 is 5.11 Å². The van der Waals surface area contributed by atoms with Crippen LogP contribution in [-0.4, -0.2) is 36.2 Å². The average molecular weight is 171 g/mol. The summed E-state index contributed by atoms with van der Waals surface area (Å²) in [4.78, 5) is 2.31. The molecule has 0 rings (SSSR count). The summed E-state index contributed by atoms with van der Waals surface area (Å²) in [6.45, 7) is 11.5. The summed E-state index contributed by atoms with van der Waals surface area (Å²) in [7, 11) is 0. The maximum absolute atomic E-state index is 8.65. The molecular weight excluding hydrogens is 150 g/mol. The van der Waals surface area contributed by atoms with E-state index in [0.29, 0.717) is 0 Å². The van der Waals surface area contributed by atoms with Gasteiger partial charge in [-0.25, -0.2) is 0 Å². The molecule has 0 bridgehead atoms. The monoisotopic (exact) mass is 171 g/mol. The summed E-state index contributed by atoms with van der Waals surface area (Å²) in [5.74, 6) is 0. The molecule has 0 amide bonds. The van der Waals surface area contributed by atoms with Crippen molar-refractivity contribution in [1.82, 2.24) is 4.90 Å². The van der Waals surface area contributed by atoms with Gasteiger partial charge in [0.05, 0.1) is 0 Å². The quantitative estimate of drug-likeness (QED) is 0.589. The van der Waals surface area contributed by atoms with E-state index >= 15 is 0 Å². The first-order valence-electron chi connectivity index (χ1n) is 4.74. The Kier molecular flexibility index (Phi) is 7.11. The van der Waals surface area contributed by atoms with Crippen LogP contribution in [0, 0.1) is 0 Å². The van der Waals surface area contributed by atoms with Crippen molar-refractivity contribution in [2.24, 2.45) is 0 Å². The lowest BCUT2D eigenvalue weighted by atomic mass is 10.2. The lowest BCUT2D eigenvalue weighted by Gasteiger charge is -2.20. The normalized spacial score (nSPS) is 10.7. The van der Waals surface area contributed by atoms with E-state index in [0.717, 1.165) is 32.5 Å². The third kappa shape index (κ3) is 5.33. The largest absolute Gasteiger partial charge is 0.396 e. The summed E-state index contributed by atoms with van der Waals surface area (Å²) < 4.78 is 0. The minimum absolute atomic E-state index is 0.287. The van der Waals surface area contributed by atoms with E-state index in [4.69, 9.17) is 5.11 Å². The zero-order chi connectivity index (χ0) is 9.40. The standard InChI is InChI=1S/C10H21NO/c1-4-10(3)9-11(5-2)7-6-8-12/h12H,3-9H2,1-2H3. The zero-order valence-electron chi connectivity index (χ0n) is 8.34. The molecule has 2 heteroatoms. The van der Waals surface area contributed by atoms with Gasteiger partial charge in [-0.05, 0) is 19.4 Å². The highest BCUT2D eigenvalue weighted by Gasteiger charge is 2.01. The molecule has 0 aliphatic carbocycles. The summed E-state index contributed by atoms with van der Waals surface area (Å²) in [5.41, 5.74) is 1.27. The number of likely N-dealkylation sites (N-methyl/N-ethyl adjacent to an activating group) is 1. The summed E-state index contributed by atoms with van der Waals surface area (Å²) in [5, 5.41) is 8.65. The number of aliphatic hydroxyl groups is 1. The van der Waals surface area contributed by atoms with Crippen LogP contribution in [0.3, 0.4) is 0 Å². The van der Waals surface area contributed by atoms with Gasteiger partial charge < -0.3 is 5.11 Å². The van der Waals surface area contributed by atoms with Crippen LogP contribution < -0.4 is 0 Å². The lowest BCUT2D eigenvalue weighted by molar-refractivity contribution is 0.239. The van der Waals surface area contributed by atoms with Gasteiger partial charge in [0.25, 0.3) is 0 Å². The molecule has 0 saturated carbocycles. The van der Waals surface area contributed by atoms with Crippen molar-refractivity contribution in [1.29, 1.82) is 0 Å². The van der Waals surface area contributed by atoms with E-state index in [-0.39, 0.29) is 6.61 Å². The van der Waals surface area contributed by atoms with Gasteiger partial charge in [-0.2, -0.15) is 0 Å². The second kappa shape index (κ2) is 7.32. The van der Waals surface area contributed by atoms with Crippen LogP contribution in [0.2, 0.25) is 0 Å². The highest BCUT2D eigenvalue weighted by atomic mass is 16.3. The molecule has 0 heterocycles. The molecule has 2 nitrogen and oxygen atoms in total. The summed E-state index contributed by atoms with van der Waals surface area (Å²) >= 11 is 0. The number of hydrogen-bond donors (Lipinski definition) is 1. The molecule has 0 aliphatic rings. The maximum Gasteiger partial charge on any atom is 0.0443 e. The van der Waals surface area contributed by atoms with Crippen LogP contribution in [0.5, 0.6) is 0 Å². The molecule has 0 aromatic carbocycles. The molecule has 0 aromatic heterocycles. The molecule has 0 radical (unpaired) electrons. The molecule has 0 aromatic rings. The third-order valence-corrected chi connectivity index (χ3v) is 2.03. The van der Waals surface area contributed by atoms with Gasteiger partial charge in [-0.15, -0.1) is 0 Å². The molecule has 1 N–H and O–H groups in total. The Hall–Kier alpha value is -0.340. The third-order valence-electron chi connectivity index (χ3n) is 2.03. The maximum atomic E-state index is 8.65. The fraction of sp³-hybridized carbons (Fsp3) is 0.800.